The molecular weight excluding hydrogens is 234 g/mol. The Kier molecular flexibility index (Phi) is 4.55. The lowest BCUT2D eigenvalue weighted by Crippen LogP contribution is -2.29. The number of aliphatic hydroxyl groups is 1. The first-order valence-electron chi connectivity index (χ1n) is 5.57. The van der Waals surface area contributed by atoms with Crippen molar-refractivity contribution in [1.82, 2.24) is 0 Å². The van der Waals surface area contributed by atoms with Gasteiger partial charge in [0.25, 0.3) is 5.91 Å². The highest BCUT2D eigenvalue weighted by Crippen LogP contribution is 2.38. The van der Waals surface area contributed by atoms with Crippen LogP contribution in [0.2, 0.25) is 0 Å². The van der Waals surface area contributed by atoms with Crippen molar-refractivity contribution in [2.24, 2.45) is 0 Å². The van der Waals surface area contributed by atoms with Crippen LogP contribution >= 0.6 is 0 Å². The fourth-order valence-electron chi connectivity index (χ4n) is 1.80. The Bertz CT molecular complexity index is 457. The topological polar surface area (TPSA) is 59.0 Å². The smallest absolute Gasteiger partial charge is 0.252 e. The van der Waals surface area contributed by atoms with E-state index in [4.69, 9.17) is 14.6 Å². The normalized spacial score (nSPS) is 10.1. The number of hydrogen-bond donors (Lipinski definition) is 1. The van der Waals surface area contributed by atoms with Gasteiger partial charge in [0.15, 0.2) is 0 Å². The minimum absolute atomic E-state index is 0.404. The third-order valence-corrected chi connectivity index (χ3v) is 3.07. The van der Waals surface area contributed by atoms with Crippen LogP contribution in [0, 0.1) is 13.8 Å². The number of benzene rings is 1. The van der Waals surface area contributed by atoms with Gasteiger partial charge in [0.2, 0.25) is 0 Å². The van der Waals surface area contributed by atoms with Crippen molar-refractivity contribution in [2.45, 2.75) is 13.8 Å². The Morgan fingerprint density at radius 3 is 2.33 bits per heavy atom. The van der Waals surface area contributed by atoms with Crippen LogP contribution in [0.1, 0.15) is 11.1 Å². The standard InChI is InChI=1S/C13H19NO4/c1-8-9(2)13(18-5)10(6-11(8)17-4)14(3)12(16)7-15/h6,15H,7H2,1-5H3. The van der Waals surface area contributed by atoms with Gasteiger partial charge in [0.1, 0.15) is 18.1 Å². The lowest BCUT2D eigenvalue weighted by Gasteiger charge is -2.23. The molecule has 1 N–H and O–H groups in total. The van der Waals surface area contributed by atoms with Crippen molar-refractivity contribution >= 4 is 11.6 Å². The van der Waals surface area contributed by atoms with Gasteiger partial charge < -0.3 is 19.5 Å². The largest absolute Gasteiger partial charge is 0.496 e. The number of rotatable bonds is 4. The van der Waals surface area contributed by atoms with Gasteiger partial charge in [0, 0.05) is 13.1 Å². The summed E-state index contributed by atoms with van der Waals surface area (Å²) in [6.45, 7) is 3.28. The number of carbonyl (C=O) groups is 1. The summed E-state index contributed by atoms with van der Waals surface area (Å²) in [5.41, 5.74) is 2.45. The molecule has 0 unspecified atom stereocenters. The van der Waals surface area contributed by atoms with E-state index in [-0.39, 0.29) is 0 Å². The van der Waals surface area contributed by atoms with E-state index in [1.54, 1.807) is 27.3 Å². The second kappa shape index (κ2) is 5.73. The fraction of sp³-hybridized carbons (Fsp3) is 0.462. The maximum atomic E-state index is 11.6. The van der Waals surface area contributed by atoms with E-state index < -0.39 is 12.5 Å². The SMILES string of the molecule is COc1cc(N(C)C(=O)CO)c(OC)c(C)c1C. The molecule has 0 fully saturated rings. The van der Waals surface area contributed by atoms with Crippen molar-refractivity contribution in [1.29, 1.82) is 0 Å². The van der Waals surface area contributed by atoms with Gasteiger partial charge in [-0.2, -0.15) is 0 Å². The molecule has 0 aliphatic heterocycles. The molecule has 0 heterocycles. The van der Waals surface area contributed by atoms with Crippen molar-refractivity contribution < 1.29 is 19.4 Å². The molecule has 0 atom stereocenters. The Morgan fingerprint density at radius 2 is 1.89 bits per heavy atom. The minimum atomic E-state index is -0.547. The molecule has 1 aromatic rings. The van der Waals surface area contributed by atoms with Gasteiger partial charge in [-0.05, 0) is 25.0 Å². The Morgan fingerprint density at radius 1 is 1.28 bits per heavy atom. The van der Waals surface area contributed by atoms with Crippen LogP contribution in [0.4, 0.5) is 5.69 Å². The van der Waals surface area contributed by atoms with Crippen LogP contribution in [0.3, 0.4) is 0 Å². The van der Waals surface area contributed by atoms with Crippen molar-refractivity contribution in [2.75, 3.05) is 32.8 Å². The molecule has 0 aliphatic rings. The first-order chi connectivity index (χ1) is 8.47. The van der Waals surface area contributed by atoms with E-state index in [9.17, 15) is 4.79 Å². The summed E-state index contributed by atoms with van der Waals surface area (Å²) in [4.78, 5) is 12.9. The Labute approximate surface area is 107 Å². The lowest BCUT2D eigenvalue weighted by atomic mass is 10.1. The average Bonchev–Trinajstić information content (AvgIpc) is 2.39. The molecule has 100 valence electrons. The van der Waals surface area contributed by atoms with Crippen LogP contribution in [-0.2, 0) is 4.79 Å². The predicted molar refractivity (Wildman–Crippen MR) is 69.5 cm³/mol. The quantitative estimate of drug-likeness (QED) is 0.878. The van der Waals surface area contributed by atoms with Crippen LogP contribution < -0.4 is 14.4 Å². The van der Waals surface area contributed by atoms with Crippen molar-refractivity contribution in [3.8, 4) is 11.5 Å². The molecule has 1 aromatic carbocycles. The lowest BCUT2D eigenvalue weighted by molar-refractivity contribution is -0.120. The molecule has 5 heteroatoms. The number of amides is 1. The molecule has 18 heavy (non-hydrogen) atoms. The van der Waals surface area contributed by atoms with Gasteiger partial charge in [-0.3, -0.25) is 4.79 Å². The molecule has 0 bridgehead atoms. The highest BCUT2D eigenvalue weighted by molar-refractivity contribution is 5.95. The van der Waals surface area contributed by atoms with E-state index >= 15 is 0 Å². The third kappa shape index (κ3) is 2.41. The summed E-state index contributed by atoms with van der Waals surface area (Å²) in [7, 11) is 4.71. The Balaban J connectivity index is 3.42. The maximum Gasteiger partial charge on any atom is 0.252 e. The van der Waals surface area contributed by atoms with E-state index in [1.807, 2.05) is 13.8 Å². The first-order valence-corrected chi connectivity index (χ1v) is 5.57. The number of anilines is 1. The molecule has 1 amide bonds. The van der Waals surface area contributed by atoms with Crippen LogP contribution in [0.15, 0.2) is 6.07 Å². The maximum absolute atomic E-state index is 11.6. The number of nitrogens with zero attached hydrogens (tertiary/aromatic N) is 1. The zero-order valence-electron chi connectivity index (χ0n) is 11.4. The number of carbonyl (C=O) groups excluding carboxylic acids is 1. The number of likely N-dealkylation sites (N-methyl/N-ethyl adjacent to an activating group) is 1. The van der Waals surface area contributed by atoms with Gasteiger partial charge >= 0.3 is 0 Å². The van der Waals surface area contributed by atoms with Crippen LogP contribution in [0.5, 0.6) is 11.5 Å². The molecule has 1 rings (SSSR count). The fourth-order valence-corrected chi connectivity index (χ4v) is 1.80. The van der Waals surface area contributed by atoms with Crippen molar-refractivity contribution in [3.05, 3.63) is 17.2 Å². The van der Waals surface area contributed by atoms with Gasteiger partial charge in [-0.15, -0.1) is 0 Å². The van der Waals surface area contributed by atoms with Gasteiger partial charge in [0.05, 0.1) is 19.9 Å². The zero-order chi connectivity index (χ0) is 13.9. The van der Waals surface area contributed by atoms with Crippen LogP contribution in [-0.4, -0.2) is 38.9 Å². The highest BCUT2D eigenvalue weighted by Gasteiger charge is 2.19. The first kappa shape index (κ1) is 14.3. The summed E-state index contributed by atoms with van der Waals surface area (Å²) in [6, 6.07) is 1.73. The molecule has 0 radical (unpaired) electrons. The van der Waals surface area contributed by atoms with Crippen LogP contribution in [0.25, 0.3) is 0 Å². The highest BCUT2D eigenvalue weighted by atomic mass is 16.5. The minimum Gasteiger partial charge on any atom is -0.496 e. The van der Waals surface area contributed by atoms with E-state index in [1.165, 1.54) is 4.90 Å². The predicted octanol–water partition coefficient (Wildman–Crippen LogP) is 1.28. The third-order valence-electron chi connectivity index (χ3n) is 3.07. The molecule has 0 spiro atoms. The zero-order valence-corrected chi connectivity index (χ0v) is 11.4. The van der Waals surface area contributed by atoms with Gasteiger partial charge in [-0.25, -0.2) is 0 Å². The summed E-state index contributed by atoms with van der Waals surface area (Å²) >= 11 is 0. The summed E-state index contributed by atoms with van der Waals surface area (Å²) in [6.07, 6.45) is 0. The number of ether oxygens (including phenoxy) is 2. The second-order valence-corrected chi connectivity index (χ2v) is 3.99. The number of hydrogen-bond acceptors (Lipinski definition) is 4. The number of aliphatic hydroxyl groups excluding tert-OH is 1. The second-order valence-electron chi connectivity index (χ2n) is 3.99. The monoisotopic (exact) mass is 253 g/mol. The van der Waals surface area contributed by atoms with E-state index in [2.05, 4.69) is 0 Å². The van der Waals surface area contributed by atoms with E-state index in [0.717, 1.165) is 11.1 Å². The summed E-state index contributed by atoms with van der Waals surface area (Å²) in [5, 5.41) is 8.92. The summed E-state index contributed by atoms with van der Waals surface area (Å²) < 4.78 is 10.6. The average molecular weight is 253 g/mol. The molecule has 0 aromatic heterocycles. The molecule has 0 saturated heterocycles. The van der Waals surface area contributed by atoms with Gasteiger partial charge in [-0.1, -0.05) is 0 Å². The molecule has 5 nitrogen and oxygen atoms in total. The van der Waals surface area contributed by atoms with Crippen molar-refractivity contribution in [3.63, 3.8) is 0 Å². The molecule has 0 saturated carbocycles. The Hall–Kier alpha value is -1.75. The molecular formula is C13H19NO4. The van der Waals surface area contributed by atoms with E-state index in [0.29, 0.717) is 17.2 Å². The molecule has 0 aliphatic carbocycles. The summed E-state index contributed by atoms with van der Waals surface area (Å²) in [5.74, 6) is 0.886. The number of methoxy groups -OCH3 is 2.